The lowest BCUT2D eigenvalue weighted by Crippen LogP contribution is -2.25. The number of pyridine rings is 1. The Bertz CT molecular complexity index is 996. The molecule has 0 atom stereocenters. The molecule has 23 heavy (non-hydrogen) atoms. The number of nitrogens with zero attached hydrogens (tertiary/aromatic N) is 4. The summed E-state index contributed by atoms with van der Waals surface area (Å²) in [7, 11) is 0. The minimum Gasteiger partial charge on any atom is -0.320 e. The number of hydrogen-bond donors (Lipinski definition) is 0. The molecule has 7 heteroatoms. The first-order chi connectivity index (χ1) is 11.2. The second-order valence-corrected chi connectivity index (χ2v) is 5.31. The van der Waals surface area contributed by atoms with Crippen molar-refractivity contribution >= 4 is 22.8 Å². The van der Waals surface area contributed by atoms with Crippen molar-refractivity contribution in [2.75, 3.05) is 11.4 Å². The van der Waals surface area contributed by atoms with Crippen LogP contribution in [0.3, 0.4) is 0 Å². The van der Waals surface area contributed by atoms with Crippen molar-refractivity contribution in [1.29, 1.82) is 0 Å². The topological polar surface area (TPSA) is 80.8 Å². The summed E-state index contributed by atoms with van der Waals surface area (Å²) in [5.41, 5.74) is 1.19. The predicted octanol–water partition coefficient (Wildman–Crippen LogP) is 2.30. The highest BCUT2D eigenvalue weighted by atomic mass is 16.6. The number of benzene rings is 1. The Labute approximate surface area is 130 Å². The number of rotatable bonds is 2. The van der Waals surface area contributed by atoms with Gasteiger partial charge in [-0.2, -0.15) is 0 Å². The van der Waals surface area contributed by atoms with Crippen LogP contribution in [0.15, 0.2) is 53.5 Å². The molecule has 114 valence electrons. The molecule has 0 amide bonds. The van der Waals surface area contributed by atoms with Crippen LogP contribution in [0.25, 0.3) is 5.65 Å². The largest absolute Gasteiger partial charge is 0.376 e. The fourth-order valence-corrected chi connectivity index (χ4v) is 2.97. The molecular formula is C16H12N4O3. The van der Waals surface area contributed by atoms with E-state index in [9.17, 15) is 14.9 Å². The van der Waals surface area contributed by atoms with E-state index in [2.05, 4.69) is 4.98 Å². The van der Waals surface area contributed by atoms with Crippen LogP contribution in [0.5, 0.6) is 0 Å². The van der Waals surface area contributed by atoms with Crippen LogP contribution in [0.2, 0.25) is 0 Å². The van der Waals surface area contributed by atoms with Crippen molar-refractivity contribution in [3.8, 4) is 0 Å². The molecule has 0 spiro atoms. The highest BCUT2D eigenvalue weighted by Gasteiger charge is 2.31. The fourth-order valence-electron chi connectivity index (χ4n) is 2.97. The van der Waals surface area contributed by atoms with Crippen molar-refractivity contribution in [3.05, 3.63) is 74.7 Å². The van der Waals surface area contributed by atoms with Crippen LogP contribution in [0.1, 0.15) is 5.56 Å². The van der Waals surface area contributed by atoms with E-state index < -0.39 is 16.2 Å². The lowest BCUT2D eigenvalue weighted by atomic mass is 10.2. The molecule has 1 aliphatic rings. The Morgan fingerprint density at radius 1 is 1.13 bits per heavy atom. The van der Waals surface area contributed by atoms with Gasteiger partial charge in [0.05, 0.1) is 4.92 Å². The van der Waals surface area contributed by atoms with Crippen LogP contribution in [-0.2, 0) is 6.42 Å². The number of nitro groups is 1. The zero-order valence-electron chi connectivity index (χ0n) is 12.0. The molecule has 0 bridgehead atoms. The van der Waals surface area contributed by atoms with E-state index in [1.807, 2.05) is 24.3 Å². The number of para-hydroxylation sites is 1. The van der Waals surface area contributed by atoms with Gasteiger partial charge < -0.3 is 4.90 Å². The van der Waals surface area contributed by atoms with Crippen molar-refractivity contribution in [2.45, 2.75) is 6.42 Å². The molecule has 7 nitrogen and oxygen atoms in total. The fraction of sp³-hybridized carbons (Fsp3) is 0.125. The number of aromatic nitrogens is 2. The van der Waals surface area contributed by atoms with Crippen molar-refractivity contribution in [1.82, 2.24) is 9.38 Å². The molecule has 0 N–H and O–H groups in total. The Balaban J connectivity index is 2.02. The minimum absolute atomic E-state index is 0.108. The summed E-state index contributed by atoms with van der Waals surface area (Å²) in [5.74, 6) is 0.108. The van der Waals surface area contributed by atoms with Gasteiger partial charge in [-0.1, -0.05) is 24.3 Å². The average molecular weight is 308 g/mol. The van der Waals surface area contributed by atoms with Crippen LogP contribution >= 0.6 is 0 Å². The summed E-state index contributed by atoms with van der Waals surface area (Å²) in [4.78, 5) is 29.5. The van der Waals surface area contributed by atoms with Gasteiger partial charge in [0.2, 0.25) is 5.82 Å². The van der Waals surface area contributed by atoms with Gasteiger partial charge in [0.25, 0.3) is 0 Å². The van der Waals surface area contributed by atoms with E-state index in [4.69, 9.17) is 0 Å². The SMILES string of the molecule is O=c1c([N+](=O)[O-])c(N2CCc3ccccc32)nc2ccccn12. The second-order valence-electron chi connectivity index (χ2n) is 5.31. The highest BCUT2D eigenvalue weighted by molar-refractivity contribution is 5.74. The molecule has 0 fully saturated rings. The van der Waals surface area contributed by atoms with Gasteiger partial charge in [-0.15, -0.1) is 0 Å². The van der Waals surface area contributed by atoms with E-state index in [0.29, 0.717) is 12.2 Å². The van der Waals surface area contributed by atoms with Crippen molar-refractivity contribution < 1.29 is 4.92 Å². The average Bonchev–Trinajstić information content (AvgIpc) is 2.98. The third kappa shape index (κ3) is 1.97. The monoisotopic (exact) mass is 308 g/mol. The zero-order valence-corrected chi connectivity index (χ0v) is 12.0. The first kappa shape index (κ1) is 13.4. The molecule has 0 saturated carbocycles. The quantitative estimate of drug-likeness (QED) is 0.536. The van der Waals surface area contributed by atoms with Crippen LogP contribution in [-0.4, -0.2) is 20.9 Å². The zero-order chi connectivity index (χ0) is 16.0. The summed E-state index contributed by atoms with van der Waals surface area (Å²) >= 11 is 0. The van der Waals surface area contributed by atoms with E-state index in [1.54, 1.807) is 23.1 Å². The summed E-state index contributed by atoms with van der Waals surface area (Å²) in [5, 5.41) is 11.5. The molecule has 1 aliphatic heterocycles. The standard InChI is InChI=1S/C16H12N4O3/c21-16-14(20(22)23)15(17-13-7-3-4-9-19(13)16)18-10-8-11-5-1-2-6-12(11)18/h1-7,9H,8,10H2. The predicted molar refractivity (Wildman–Crippen MR) is 85.3 cm³/mol. The van der Waals surface area contributed by atoms with Gasteiger partial charge in [0, 0.05) is 18.4 Å². The lowest BCUT2D eigenvalue weighted by molar-refractivity contribution is -0.385. The first-order valence-electron chi connectivity index (χ1n) is 7.18. The van der Waals surface area contributed by atoms with E-state index in [1.165, 1.54) is 10.6 Å². The van der Waals surface area contributed by atoms with Crippen LogP contribution in [0.4, 0.5) is 17.2 Å². The number of anilines is 2. The van der Waals surface area contributed by atoms with Crippen molar-refractivity contribution in [2.24, 2.45) is 0 Å². The Hall–Kier alpha value is -3.22. The lowest BCUT2D eigenvalue weighted by Gasteiger charge is -2.18. The van der Waals surface area contributed by atoms with Crippen LogP contribution < -0.4 is 10.5 Å². The Morgan fingerprint density at radius 2 is 1.91 bits per heavy atom. The molecule has 3 aromatic rings. The van der Waals surface area contributed by atoms with Gasteiger partial charge in [0.1, 0.15) is 5.65 Å². The summed E-state index contributed by atoms with van der Waals surface area (Å²) in [6, 6.07) is 12.7. The maximum absolute atomic E-state index is 12.5. The number of hydrogen-bond acceptors (Lipinski definition) is 5. The van der Waals surface area contributed by atoms with Gasteiger partial charge in [-0.3, -0.25) is 19.3 Å². The van der Waals surface area contributed by atoms with Gasteiger partial charge in [-0.25, -0.2) is 4.98 Å². The van der Waals surface area contributed by atoms with Gasteiger partial charge >= 0.3 is 11.2 Å². The summed E-state index contributed by atoms with van der Waals surface area (Å²) < 4.78 is 1.20. The Kier molecular flexibility index (Phi) is 2.87. The van der Waals surface area contributed by atoms with Gasteiger partial charge in [0.15, 0.2) is 0 Å². The maximum Gasteiger partial charge on any atom is 0.376 e. The summed E-state index contributed by atoms with van der Waals surface area (Å²) in [6.45, 7) is 0.565. The highest BCUT2D eigenvalue weighted by Crippen LogP contribution is 2.36. The normalized spacial score (nSPS) is 13.3. The third-order valence-electron chi connectivity index (χ3n) is 4.02. The van der Waals surface area contributed by atoms with E-state index >= 15 is 0 Å². The van der Waals surface area contributed by atoms with Gasteiger partial charge in [-0.05, 0) is 30.2 Å². The van der Waals surface area contributed by atoms with Crippen molar-refractivity contribution in [3.63, 3.8) is 0 Å². The molecule has 4 rings (SSSR count). The molecule has 2 aromatic heterocycles. The molecule has 0 unspecified atom stereocenters. The molecule has 1 aromatic carbocycles. The first-order valence-corrected chi connectivity index (χ1v) is 7.18. The maximum atomic E-state index is 12.5. The molecule has 3 heterocycles. The smallest absolute Gasteiger partial charge is 0.320 e. The summed E-state index contributed by atoms with van der Waals surface area (Å²) in [6.07, 6.45) is 2.25. The third-order valence-corrected chi connectivity index (χ3v) is 4.02. The molecule has 0 saturated heterocycles. The molecular weight excluding hydrogens is 296 g/mol. The second kappa shape index (κ2) is 4.91. The van der Waals surface area contributed by atoms with Crippen LogP contribution in [0, 0.1) is 10.1 Å². The van der Waals surface area contributed by atoms with E-state index in [-0.39, 0.29) is 5.82 Å². The Morgan fingerprint density at radius 3 is 2.74 bits per heavy atom. The molecule has 0 aliphatic carbocycles. The number of fused-ring (bicyclic) bond motifs is 2. The van der Waals surface area contributed by atoms with E-state index in [0.717, 1.165) is 17.7 Å². The molecule has 0 radical (unpaired) electrons. The minimum atomic E-state index is -0.667.